The molecule has 2 aromatic rings. The molecule has 2 aromatic carbocycles. The van der Waals surface area contributed by atoms with Crippen molar-refractivity contribution in [3.05, 3.63) is 52.0 Å². The van der Waals surface area contributed by atoms with Crippen molar-refractivity contribution in [1.29, 1.82) is 0 Å². The lowest BCUT2D eigenvalue weighted by Crippen LogP contribution is -2.52. The molecule has 1 saturated carbocycles. The van der Waals surface area contributed by atoms with Crippen molar-refractivity contribution < 1.29 is 23.8 Å². The van der Waals surface area contributed by atoms with Crippen LogP contribution in [0.4, 0.5) is 0 Å². The lowest BCUT2D eigenvalue weighted by Gasteiger charge is -2.32. The van der Waals surface area contributed by atoms with E-state index in [0.29, 0.717) is 33.7 Å². The van der Waals surface area contributed by atoms with Gasteiger partial charge >= 0.3 is 0 Å². The van der Waals surface area contributed by atoms with Gasteiger partial charge in [-0.2, -0.15) is 0 Å². The molecule has 0 radical (unpaired) electrons. The summed E-state index contributed by atoms with van der Waals surface area (Å²) in [5.41, 5.74) is 0.768. The van der Waals surface area contributed by atoms with Crippen molar-refractivity contribution >= 4 is 35.0 Å². The summed E-state index contributed by atoms with van der Waals surface area (Å²) >= 11 is 12.3. The number of hydrogen-bond acceptors (Lipinski definition) is 5. The number of carbonyl (C=O) groups is 2. The summed E-state index contributed by atoms with van der Waals surface area (Å²) in [5, 5.41) is 3.98. The van der Waals surface area contributed by atoms with Gasteiger partial charge in [0.15, 0.2) is 6.61 Å². The molecule has 3 rings (SSSR count). The van der Waals surface area contributed by atoms with Crippen LogP contribution < -0.4 is 19.5 Å². The number of nitrogens with zero attached hydrogens (tertiary/aromatic N) is 1. The molecule has 0 spiro atoms. The summed E-state index contributed by atoms with van der Waals surface area (Å²) in [6.45, 7) is 1.83. The van der Waals surface area contributed by atoms with Crippen molar-refractivity contribution in [3.63, 3.8) is 0 Å². The molecule has 36 heavy (non-hydrogen) atoms. The van der Waals surface area contributed by atoms with Gasteiger partial charge in [0.2, 0.25) is 5.91 Å². The Morgan fingerprint density at radius 2 is 1.61 bits per heavy atom. The average molecular weight is 537 g/mol. The second kappa shape index (κ2) is 13.6. The molecule has 1 atom stereocenters. The van der Waals surface area contributed by atoms with Crippen LogP contribution in [0.2, 0.25) is 10.0 Å². The number of hydrogen-bond donors (Lipinski definition) is 1. The zero-order valence-corrected chi connectivity index (χ0v) is 22.5. The van der Waals surface area contributed by atoms with Gasteiger partial charge in [0.05, 0.1) is 24.3 Å². The van der Waals surface area contributed by atoms with Gasteiger partial charge < -0.3 is 24.4 Å². The third kappa shape index (κ3) is 7.68. The maximum atomic E-state index is 13.5. The Bertz CT molecular complexity index is 1020. The second-order valence-electron chi connectivity index (χ2n) is 8.87. The fourth-order valence-electron chi connectivity index (χ4n) is 4.39. The van der Waals surface area contributed by atoms with Crippen LogP contribution in [0.15, 0.2) is 36.4 Å². The minimum atomic E-state index is -0.655. The van der Waals surface area contributed by atoms with E-state index in [-0.39, 0.29) is 31.0 Å². The number of benzene rings is 2. The summed E-state index contributed by atoms with van der Waals surface area (Å²) in [4.78, 5) is 28.3. The molecule has 0 saturated heterocycles. The van der Waals surface area contributed by atoms with Crippen LogP contribution in [0.1, 0.15) is 51.0 Å². The van der Waals surface area contributed by atoms with Gasteiger partial charge in [-0.25, -0.2) is 0 Å². The maximum Gasteiger partial charge on any atom is 0.261 e. The first-order valence-electron chi connectivity index (χ1n) is 12.2. The highest BCUT2D eigenvalue weighted by Gasteiger charge is 2.30. The smallest absolute Gasteiger partial charge is 0.261 e. The van der Waals surface area contributed by atoms with E-state index in [0.717, 1.165) is 31.2 Å². The molecular weight excluding hydrogens is 503 g/mol. The second-order valence-corrected chi connectivity index (χ2v) is 9.69. The third-order valence-electron chi connectivity index (χ3n) is 6.36. The van der Waals surface area contributed by atoms with Gasteiger partial charge in [0, 0.05) is 30.8 Å². The number of methoxy groups -OCH3 is 2. The Hall–Kier alpha value is -2.64. The Morgan fingerprint density at radius 3 is 2.19 bits per heavy atom. The van der Waals surface area contributed by atoms with Gasteiger partial charge in [0.1, 0.15) is 23.3 Å². The van der Waals surface area contributed by atoms with Crippen LogP contribution in [0, 0.1) is 0 Å². The van der Waals surface area contributed by atoms with Crippen molar-refractivity contribution in [3.8, 4) is 17.2 Å². The van der Waals surface area contributed by atoms with E-state index in [1.165, 1.54) is 6.42 Å². The number of amides is 2. The molecular formula is C27H34Cl2N2O5. The van der Waals surface area contributed by atoms with Crippen LogP contribution in [-0.2, 0) is 16.1 Å². The number of rotatable bonds is 11. The molecule has 9 heteroatoms. The zero-order valence-electron chi connectivity index (χ0n) is 21.0. The topological polar surface area (TPSA) is 77.1 Å². The fraction of sp³-hybridized carbons (Fsp3) is 0.481. The van der Waals surface area contributed by atoms with Gasteiger partial charge in [0.25, 0.3) is 5.91 Å². The third-order valence-corrected chi connectivity index (χ3v) is 7.10. The fourth-order valence-corrected chi connectivity index (χ4v) is 4.71. The lowest BCUT2D eigenvalue weighted by atomic mass is 9.95. The van der Waals surface area contributed by atoms with Crippen LogP contribution in [-0.4, -0.2) is 49.6 Å². The molecule has 1 fully saturated rings. The largest absolute Gasteiger partial charge is 0.496 e. The van der Waals surface area contributed by atoms with Crippen molar-refractivity contribution in [2.45, 2.75) is 64.1 Å². The summed E-state index contributed by atoms with van der Waals surface area (Å²) in [6.07, 6.45) is 5.78. The molecule has 1 N–H and O–H groups in total. The zero-order chi connectivity index (χ0) is 26.1. The normalized spacial score (nSPS) is 14.6. The minimum Gasteiger partial charge on any atom is -0.496 e. The number of nitrogens with one attached hydrogen (secondary N) is 1. The standard InChI is InChI=1S/C27H34Cl2N2O5/c1-4-25(27(33)30-19-8-6-5-7-9-19)31(16-18-10-11-23(28)24(29)12-18)26(32)17-36-22-14-20(34-2)13-21(15-22)35-3/h10-15,19,25H,4-9,16-17H2,1-3H3,(H,30,33). The molecule has 0 aromatic heterocycles. The molecule has 196 valence electrons. The summed E-state index contributed by atoms with van der Waals surface area (Å²) in [6, 6.07) is 9.74. The number of ether oxygens (including phenoxy) is 3. The van der Waals surface area contributed by atoms with Crippen LogP contribution in [0.25, 0.3) is 0 Å². The van der Waals surface area contributed by atoms with Crippen LogP contribution >= 0.6 is 23.2 Å². The number of halogens is 2. The molecule has 1 unspecified atom stereocenters. The summed E-state index contributed by atoms with van der Waals surface area (Å²) < 4.78 is 16.4. The molecule has 1 aliphatic rings. The first-order chi connectivity index (χ1) is 17.3. The monoisotopic (exact) mass is 536 g/mol. The molecule has 0 bridgehead atoms. The van der Waals surface area contributed by atoms with E-state index in [1.807, 2.05) is 6.92 Å². The minimum absolute atomic E-state index is 0.141. The van der Waals surface area contributed by atoms with Gasteiger partial charge in [-0.15, -0.1) is 0 Å². The van der Waals surface area contributed by atoms with E-state index in [9.17, 15) is 9.59 Å². The Labute approximate surface area is 223 Å². The van der Waals surface area contributed by atoms with E-state index >= 15 is 0 Å². The van der Waals surface area contributed by atoms with Crippen LogP contribution in [0.5, 0.6) is 17.2 Å². The van der Waals surface area contributed by atoms with E-state index < -0.39 is 6.04 Å². The predicted molar refractivity (Wildman–Crippen MR) is 141 cm³/mol. The van der Waals surface area contributed by atoms with Crippen molar-refractivity contribution in [1.82, 2.24) is 10.2 Å². The first kappa shape index (κ1) is 27.9. The summed E-state index contributed by atoms with van der Waals surface area (Å²) in [7, 11) is 3.08. The molecule has 1 aliphatic carbocycles. The number of carbonyl (C=O) groups excluding carboxylic acids is 2. The average Bonchev–Trinajstić information content (AvgIpc) is 2.89. The first-order valence-corrected chi connectivity index (χ1v) is 13.0. The highest BCUT2D eigenvalue weighted by Crippen LogP contribution is 2.28. The molecule has 2 amide bonds. The molecule has 0 aliphatic heterocycles. The Morgan fingerprint density at radius 1 is 0.972 bits per heavy atom. The van der Waals surface area contributed by atoms with Gasteiger partial charge in [-0.1, -0.05) is 55.5 Å². The van der Waals surface area contributed by atoms with Crippen molar-refractivity contribution in [2.75, 3.05) is 20.8 Å². The quantitative estimate of drug-likeness (QED) is 0.401. The Balaban J connectivity index is 1.80. The van der Waals surface area contributed by atoms with Gasteiger partial charge in [-0.3, -0.25) is 9.59 Å². The van der Waals surface area contributed by atoms with E-state index in [1.54, 1.807) is 55.5 Å². The summed E-state index contributed by atoms with van der Waals surface area (Å²) in [5.74, 6) is 1.04. The Kier molecular flexibility index (Phi) is 10.6. The lowest BCUT2D eigenvalue weighted by molar-refractivity contribution is -0.143. The highest BCUT2D eigenvalue weighted by molar-refractivity contribution is 6.42. The van der Waals surface area contributed by atoms with Crippen LogP contribution in [0.3, 0.4) is 0 Å². The van der Waals surface area contributed by atoms with E-state index in [4.69, 9.17) is 37.4 Å². The SMILES string of the molecule is CCC(C(=O)NC1CCCCC1)N(Cc1ccc(Cl)c(Cl)c1)C(=O)COc1cc(OC)cc(OC)c1. The van der Waals surface area contributed by atoms with Gasteiger partial charge in [-0.05, 0) is 37.0 Å². The highest BCUT2D eigenvalue weighted by atomic mass is 35.5. The molecule has 7 nitrogen and oxygen atoms in total. The maximum absolute atomic E-state index is 13.5. The van der Waals surface area contributed by atoms with Crippen molar-refractivity contribution in [2.24, 2.45) is 0 Å². The predicted octanol–water partition coefficient (Wildman–Crippen LogP) is 5.65. The molecule has 0 heterocycles. The van der Waals surface area contributed by atoms with E-state index in [2.05, 4.69) is 5.32 Å².